The maximum atomic E-state index is 13.0. The molecule has 35 heavy (non-hydrogen) atoms. The normalized spacial score (nSPS) is 17.1. The Morgan fingerprint density at radius 3 is 2.40 bits per heavy atom. The Hall–Kier alpha value is -3.27. The number of hydrogen-bond donors (Lipinski definition) is 1. The van der Waals surface area contributed by atoms with Crippen molar-refractivity contribution in [3.05, 3.63) is 42.0 Å². The number of ether oxygens (including phenoxy) is 2. The monoisotopic (exact) mass is 499 g/mol. The van der Waals surface area contributed by atoms with Gasteiger partial charge in [0.15, 0.2) is 11.5 Å². The van der Waals surface area contributed by atoms with Crippen LogP contribution in [0.25, 0.3) is 0 Å². The number of sulfonamides is 1. The largest absolute Gasteiger partial charge is 0.454 e. The number of carbonyl (C=O) groups is 2. The maximum Gasteiger partial charge on any atom is 0.261 e. The summed E-state index contributed by atoms with van der Waals surface area (Å²) in [5.41, 5.74) is 1.88. The van der Waals surface area contributed by atoms with E-state index in [0.29, 0.717) is 35.8 Å². The molecule has 3 heterocycles. The average molecular weight is 500 g/mol. The zero-order chi connectivity index (χ0) is 24.4. The number of rotatable bonds is 6. The van der Waals surface area contributed by atoms with Gasteiger partial charge in [0, 0.05) is 44.2 Å². The molecular weight excluding hydrogens is 470 g/mol. The second kappa shape index (κ2) is 9.77. The molecule has 0 unspecified atom stereocenters. The average Bonchev–Trinajstić information content (AvgIpc) is 3.40. The van der Waals surface area contributed by atoms with Crippen LogP contribution in [0.4, 0.5) is 11.4 Å². The predicted octanol–water partition coefficient (Wildman–Crippen LogP) is 3.29. The predicted molar refractivity (Wildman–Crippen MR) is 130 cm³/mol. The van der Waals surface area contributed by atoms with Crippen molar-refractivity contribution in [2.24, 2.45) is 0 Å². The first-order chi connectivity index (χ1) is 16.9. The highest BCUT2D eigenvalue weighted by Crippen LogP contribution is 2.35. The van der Waals surface area contributed by atoms with Crippen molar-refractivity contribution in [1.82, 2.24) is 4.90 Å². The number of amides is 2. The minimum absolute atomic E-state index is 0.0377. The highest BCUT2D eigenvalue weighted by molar-refractivity contribution is 7.92. The summed E-state index contributed by atoms with van der Waals surface area (Å²) in [6.45, 7) is 2.14. The molecular formula is C25H29N3O6S. The van der Waals surface area contributed by atoms with E-state index in [1.807, 2.05) is 4.90 Å². The third-order valence-electron chi connectivity index (χ3n) is 6.69. The van der Waals surface area contributed by atoms with E-state index in [9.17, 15) is 18.0 Å². The fourth-order valence-corrected chi connectivity index (χ4v) is 5.91. The molecule has 1 N–H and O–H groups in total. The van der Waals surface area contributed by atoms with Gasteiger partial charge in [-0.15, -0.1) is 0 Å². The highest BCUT2D eigenvalue weighted by Gasteiger charge is 2.28. The van der Waals surface area contributed by atoms with Crippen LogP contribution < -0.4 is 19.1 Å². The molecule has 9 nitrogen and oxygen atoms in total. The third kappa shape index (κ3) is 5.07. The number of likely N-dealkylation sites (tertiary alicyclic amines) is 1. The van der Waals surface area contributed by atoms with Crippen LogP contribution in [0, 0.1) is 0 Å². The Morgan fingerprint density at radius 2 is 1.60 bits per heavy atom. The van der Waals surface area contributed by atoms with Gasteiger partial charge in [0.05, 0.1) is 10.6 Å². The van der Waals surface area contributed by atoms with E-state index in [0.717, 1.165) is 44.3 Å². The molecule has 186 valence electrons. The summed E-state index contributed by atoms with van der Waals surface area (Å²) in [7, 11) is -3.83. The Bertz CT molecular complexity index is 1240. The van der Waals surface area contributed by atoms with E-state index in [1.165, 1.54) is 6.07 Å². The summed E-state index contributed by atoms with van der Waals surface area (Å²) in [4.78, 5) is 29.1. The molecule has 0 spiro atoms. The van der Waals surface area contributed by atoms with Crippen LogP contribution in [0.15, 0.2) is 41.3 Å². The van der Waals surface area contributed by atoms with E-state index in [4.69, 9.17) is 9.47 Å². The topological polar surface area (TPSA) is 105 Å². The van der Waals surface area contributed by atoms with Gasteiger partial charge in [0.2, 0.25) is 18.6 Å². The van der Waals surface area contributed by atoms with Gasteiger partial charge in [0.25, 0.3) is 10.0 Å². The molecule has 1 saturated heterocycles. The molecule has 3 aliphatic heterocycles. The highest BCUT2D eigenvalue weighted by atomic mass is 32.2. The van der Waals surface area contributed by atoms with Crippen molar-refractivity contribution in [2.45, 2.75) is 49.8 Å². The Balaban J connectivity index is 1.23. The third-order valence-corrected chi connectivity index (χ3v) is 8.07. The zero-order valence-corrected chi connectivity index (χ0v) is 20.3. The molecule has 0 atom stereocenters. The molecule has 0 aliphatic carbocycles. The van der Waals surface area contributed by atoms with Gasteiger partial charge >= 0.3 is 0 Å². The molecule has 2 aromatic carbocycles. The Kier molecular flexibility index (Phi) is 6.55. The molecule has 0 bridgehead atoms. The zero-order valence-electron chi connectivity index (χ0n) is 19.5. The summed E-state index contributed by atoms with van der Waals surface area (Å²) in [5, 5.41) is 0. The van der Waals surface area contributed by atoms with Gasteiger partial charge in [-0.3, -0.25) is 14.3 Å². The van der Waals surface area contributed by atoms with Gasteiger partial charge in [-0.1, -0.05) is 12.8 Å². The van der Waals surface area contributed by atoms with Gasteiger partial charge < -0.3 is 19.3 Å². The molecule has 0 radical (unpaired) electrons. The molecule has 2 aromatic rings. The second-order valence-electron chi connectivity index (χ2n) is 9.05. The van der Waals surface area contributed by atoms with Gasteiger partial charge in [-0.25, -0.2) is 8.42 Å². The summed E-state index contributed by atoms with van der Waals surface area (Å²) in [6, 6.07) is 9.64. The second-order valence-corrected chi connectivity index (χ2v) is 10.7. The van der Waals surface area contributed by atoms with Crippen LogP contribution in [0.1, 0.15) is 44.1 Å². The molecule has 0 aromatic heterocycles. The van der Waals surface area contributed by atoms with Crippen LogP contribution in [0.5, 0.6) is 11.5 Å². The molecule has 1 fully saturated rings. The van der Waals surface area contributed by atoms with Gasteiger partial charge in [0.1, 0.15) is 0 Å². The summed E-state index contributed by atoms with van der Waals surface area (Å²) >= 11 is 0. The van der Waals surface area contributed by atoms with E-state index < -0.39 is 10.0 Å². The molecule has 3 aliphatic rings. The Morgan fingerprint density at radius 1 is 0.857 bits per heavy atom. The summed E-state index contributed by atoms with van der Waals surface area (Å²) < 4.78 is 39.1. The van der Waals surface area contributed by atoms with Gasteiger partial charge in [-0.05, 0) is 55.2 Å². The molecule has 5 rings (SSSR count). The lowest BCUT2D eigenvalue weighted by molar-refractivity contribution is -0.133. The lowest BCUT2D eigenvalue weighted by Crippen LogP contribution is -2.34. The summed E-state index contributed by atoms with van der Waals surface area (Å²) in [5.74, 6) is 0.989. The van der Waals surface area contributed by atoms with E-state index >= 15 is 0 Å². The van der Waals surface area contributed by atoms with Crippen LogP contribution in [-0.2, 0) is 26.0 Å². The first-order valence-electron chi connectivity index (χ1n) is 12.0. The van der Waals surface area contributed by atoms with Crippen molar-refractivity contribution < 1.29 is 27.5 Å². The van der Waals surface area contributed by atoms with E-state index in [-0.39, 0.29) is 36.3 Å². The number of nitrogens with one attached hydrogen (secondary N) is 1. The van der Waals surface area contributed by atoms with Crippen LogP contribution in [0.3, 0.4) is 0 Å². The molecule has 2 amide bonds. The standard InChI is InChI=1S/C25H29N3O6S/c29-24(27-12-3-1-2-4-13-27)9-10-25(30)28-14-11-18-15-20(6-7-21(18)28)35(31,32)26-19-5-8-22-23(16-19)34-17-33-22/h5-8,15-16,26H,1-4,9-14,17H2. The van der Waals surface area contributed by atoms with Crippen LogP contribution >= 0.6 is 0 Å². The SMILES string of the molecule is O=C(CCC(=O)N1CCc2cc(S(=O)(=O)Nc3ccc4c(c3)OCO4)ccc21)N1CCCCCC1. The number of benzene rings is 2. The number of hydrogen-bond acceptors (Lipinski definition) is 6. The van der Waals surface area contributed by atoms with Crippen LogP contribution in [0.2, 0.25) is 0 Å². The minimum atomic E-state index is -3.83. The molecule has 10 heteroatoms. The number of carbonyl (C=O) groups excluding carboxylic acids is 2. The first-order valence-corrected chi connectivity index (χ1v) is 13.5. The number of anilines is 2. The van der Waals surface area contributed by atoms with Gasteiger partial charge in [-0.2, -0.15) is 0 Å². The quantitative estimate of drug-likeness (QED) is 0.654. The van der Waals surface area contributed by atoms with Crippen molar-refractivity contribution in [1.29, 1.82) is 0 Å². The van der Waals surface area contributed by atoms with E-state index in [1.54, 1.807) is 35.2 Å². The summed E-state index contributed by atoms with van der Waals surface area (Å²) in [6.07, 6.45) is 5.27. The van der Waals surface area contributed by atoms with Crippen LogP contribution in [-0.4, -0.2) is 51.6 Å². The maximum absolute atomic E-state index is 13.0. The minimum Gasteiger partial charge on any atom is -0.454 e. The number of nitrogens with zero attached hydrogens (tertiary/aromatic N) is 2. The van der Waals surface area contributed by atoms with E-state index in [2.05, 4.69) is 4.72 Å². The fourth-order valence-electron chi connectivity index (χ4n) is 4.81. The number of fused-ring (bicyclic) bond motifs is 2. The van der Waals surface area contributed by atoms with Crippen molar-refractivity contribution in [3.8, 4) is 11.5 Å². The lowest BCUT2D eigenvalue weighted by Gasteiger charge is -2.21. The first kappa shape index (κ1) is 23.5. The molecule has 0 saturated carbocycles. The Labute approximate surface area is 205 Å². The smallest absolute Gasteiger partial charge is 0.261 e. The van der Waals surface area contributed by atoms with Crippen molar-refractivity contribution >= 4 is 33.2 Å². The fraction of sp³-hybridized carbons (Fsp3) is 0.440. The van der Waals surface area contributed by atoms with Crippen molar-refractivity contribution in [2.75, 3.05) is 36.0 Å². The lowest BCUT2D eigenvalue weighted by atomic mass is 10.2. The van der Waals surface area contributed by atoms with Crippen molar-refractivity contribution in [3.63, 3.8) is 0 Å².